The lowest BCUT2D eigenvalue weighted by Gasteiger charge is -2.09. The Morgan fingerprint density at radius 2 is 2.20 bits per heavy atom. The zero-order valence-corrected chi connectivity index (χ0v) is 12.5. The molecule has 0 radical (unpaired) electrons. The Hall–Kier alpha value is -1.41. The van der Waals surface area contributed by atoms with Gasteiger partial charge in [-0.15, -0.1) is 11.3 Å². The smallest absolute Gasteiger partial charge is 0.348 e. The Kier molecular flexibility index (Phi) is 4.14. The standard InChI is InChI=1S/C12H15NO5S2/c1-7-5-19-11(12(15)16)10(7)13-9(14)4-8-2-3-20(17,18)6-8/h5,8H,2-4,6H2,1H3,(H,13,14)(H,15,16). The van der Waals surface area contributed by atoms with E-state index >= 15 is 0 Å². The number of nitrogens with one attached hydrogen (secondary N) is 1. The molecule has 0 bridgehead atoms. The van der Waals surface area contributed by atoms with Gasteiger partial charge in [-0.25, -0.2) is 13.2 Å². The molecule has 2 N–H and O–H groups in total. The number of rotatable bonds is 4. The number of amides is 1. The van der Waals surface area contributed by atoms with Crippen LogP contribution in [-0.4, -0.2) is 36.9 Å². The molecule has 1 atom stereocenters. The van der Waals surface area contributed by atoms with Crippen molar-refractivity contribution in [1.29, 1.82) is 0 Å². The Labute approximate surface area is 120 Å². The fourth-order valence-corrected chi connectivity index (χ4v) is 4.95. The highest BCUT2D eigenvalue weighted by Crippen LogP contribution is 2.28. The maximum absolute atomic E-state index is 11.9. The fourth-order valence-electron chi connectivity index (χ4n) is 2.24. The van der Waals surface area contributed by atoms with Crippen molar-refractivity contribution in [3.8, 4) is 0 Å². The zero-order valence-electron chi connectivity index (χ0n) is 10.9. The van der Waals surface area contributed by atoms with E-state index in [0.717, 1.165) is 11.3 Å². The number of aryl methyl sites for hydroxylation is 1. The van der Waals surface area contributed by atoms with Gasteiger partial charge in [0.15, 0.2) is 9.84 Å². The van der Waals surface area contributed by atoms with E-state index in [2.05, 4.69) is 5.32 Å². The molecule has 8 heteroatoms. The lowest BCUT2D eigenvalue weighted by molar-refractivity contribution is -0.116. The zero-order chi connectivity index (χ0) is 14.9. The second-order valence-corrected chi connectivity index (χ2v) is 8.06. The number of aromatic carboxylic acids is 1. The predicted octanol–water partition coefficient (Wildman–Crippen LogP) is 1.52. The number of carboxylic acid groups (broad SMARTS) is 1. The number of carbonyl (C=O) groups excluding carboxylic acids is 1. The summed E-state index contributed by atoms with van der Waals surface area (Å²) in [4.78, 5) is 23.0. The average molecular weight is 317 g/mol. The summed E-state index contributed by atoms with van der Waals surface area (Å²) in [6, 6.07) is 0. The van der Waals surface area contributed by atoms with E-state index in [0.29, 0.717) is 17.7 Å². The van der Waals surface area contributed by atoms with Crippen molar-refractivity contribution in [3.63, 3.8) is 0 Å². The Bertz CT molecular complexity index is 647. The molecule has 0 aliphatic carbocycles. The number of carboxylic acids is 1. The van der Waals surface area contributed by atoms with Crippen LogP contribution in [-0.2, 0) is 14.6 Å². The summed E-state index contributed by atoms with van der Waals surface area (Å²) in [7, 11) is -3.00. The van der Waals surface area contributed by atoms with Gasteiger partial charge in [0.05, 0.1) is 17.2 Å². The van der Waals surface area contributed by atoms with Gasteiger partial charge in [-0.05, 0) is 30.2 Å². The van der Waals surface area contributed by atoms with Crippen molar-refractivity contribution in [3.05, 3.63) is 15.8 Å². The molecule has 1 aromatic rings. The van der Waals surface area contributed by atoms with E-state index in [1.807, 2.05) is 0 Å². The Morgan fingerprint density at radius 3 is 2.75 bits per heavy atom. The number of hydrogen-bond donors (Lipinski definition) is 2. The highest BCUT2D eigenvalue weighted by Gasteiger charge is 2.29. The summed E-state index contributed by atoms with van der Waals surface area (Å²) in [5, 5.41) is 13.3. The van der Waals surface area contributed by atoms with E-state index in [4.69, 9.17) is 5.11 Å². The second-order valence-electron chi connectivity index (χ2n) is 4.95. The van der Waals surface area contributed by atoms with Crippen LogP contribution in [0.4, 0.5) is 5.69 Å². The molecule has 1 amide bonds. The monoisotopic (exact) mass is 317 g/mol. The molecule has 6 nitrogen and oxygen atoms in total. The van der Waals surface area contributed by atoms with Crippen molar-refractivity contribution < 1.29 is 23.1 Å². The molecule has 1 aliphatic heterocycles. The third-order valence-electron chi connectivity index (χ3n) is 3.23. The number of carbonyl (C=O) groups is 2. The van der Waals surface area contributed by atoms with Crippen LogP contribution in [0.2, 0.25) is 0 Å². The molecular formula is C12H15NO5S2. The van der Waals surface area contributed by atoms with Crippen molar-refractivity contribution >= 4 is 38.7 Å². The van der Waals surface area contributed by atoms with Crippen molar-refractivity contribution in [2.24, 2.45) is 5.92 Å². The maximum atomic E-state index is 11.9. The molecule has 1 aromatic heterocycles. The largest absolute Gasteiger partial charge is 0.477 e. The first-order valence-corrected chi connectivity index (χ1v) is 8.80. The molecule has 1 fully saturated rings. The minimum absolute atomic E-state index is 0.0365. The van der Waals surface area contributed by atoms with Crippen LogP contribution in [0, 0.1) is 12.8 Å². The molecule has 1 saturated heterocycles. The molecule has 0 aromatic carbocycles. The molecule has 1 aliphatic rings. The molecule has 2 heterocycles. The SMILES string of the molecule is Cc1csc(C(=O)O)c1NC(=O)CC1CCS(=O)(=O)C1. The fraction of sp³-hybridized carbons (Fsp3) is 0.500. The first kappa shape index (κ1) is 15.0. The van der Waals surface area contributed by atoms with E-state index in [-0.39, 0.29) is 34.6 Å². The molecule has 110 valence electrons. The van der Waals surface area contributed by atoms with Gasteiger partial charge in [0.1, 0.15) is 4.88 Å². The van der Waals surface area contributed by atoms with Gasteiger partial charge in [0.2, 0.25) is 5.91 Å². The number of hydrogen-bond acceptors (Lipinski definition) is 5. The molecule has 0 spiro atoms. The molecule has 0 saturated carbocycles. The van der Waals surface area contributed by atoms with Crippen molar-refractivity contribution in [2.45, 2.75) is 19.8 Å². The molecule has 1 unspecified atom stereocenters. The van der Waals surface area contributed by atoms with Crippen LogP contribution in [0.1, 0.15) is 28.1 Å². The molecule has 2 rings (SSSR count). The van der Waals surface area contributed by atoms with Gasteiger partial charge >= 0.3 is 5.97 Å². The van der Waals surface area contributed by atoms with E-state index < -0.39 is 15.8 Å². The first-order chi connectivity index (χ1) is 9.28. The summed E-state index contributed by atoms with van der Waals surface area (Å²) in [5.41, 5.74) is 1.01. The predicted molar refractivity (Wildman–Crippen MR) is 76.0 cm³/mol. The summed E-state index contributed by atoms with van der Waals surface area (Å²) >= 11 is 1.06. The van der Waals surface area contributed by atoms with Gasteiger partial charge in [-0.3, -0.25) is 4.79 Å². The van der Waals surface area contributed by atoms with Gasteiger partial charge in [0.25, 0.3) is 0 Å². The topological polar surface area (TPSA) is 101 Å². The van der Waals surface area contributed by atoms with E-state index in [1.54, 1.807) is 12.3 Å². The van der Waals surface area contributed by atoms with Gasteiger partial charge in [-0.1, -0.05) is 0 Å². The van der Waals surface area contributed by atoms with Crippen LogP contribution in [0.5, 0.6) is 0 Å². The summed E-state index contributed by atoms with van der Waals surface area (Å²) in [6.45, 7) is 1.72. The van der Waals surface area contributed by atoms with Gasteiger partial charge in [-0.2, -0.15) is 0 Å². The van der Waals surface area contributed by atoms with Crippen LogP contribution in [0.3, 0.4) is 0 Å². The van der Waals surface area contributed by atoms with Crippen LogP contribution in [0.25, 0.3) is 0 Å². The maximum Gasteiger partial charge on any atom is 0.348 e. The molecular weight excluding hydrogens is 302 g/mol. The van der Waals surface area contributed by atoms with E-state index in [1.165, 1.54) is 0 Å². The second kappa shape index (κ2) is 5.53. The highest BCUT2D eigenvalue weighted by molar-refractivity contribution is 7.91. The number of anilines is 1. The first-order valence-electron chi connectivity index (χ1n) is 6.10. The Morgan fingerprint density at radius 1 is 1.50 bits per heavy atom. The van der Waals surface area contributed by atoms with Crippen LogP contribution in [0.15, 0.2) is 5.38 Å². The minimum Gasteiger partial charge on any atom is -0.477 e. The molecule has 20 heavy (non-hydrogen) atoms. The summed E-state index contributed by atoms with van der Waals surface area (Å²) in [6.07, 6.45) is 0.595. The van der Waals surface area contributed by atoms with Crippen molar-refractivity contribution in [1.82, 2.24) is 0 Å². The minimum atomic E-state index is -3.00. The number of sulfone groups is 1. The third kappa shape index (κ3) is 3.37. The summed E-state index contributed by atoms with van der Waals surface area (Å²) < 4.78 is 22.7. The van der Waals surface area contributed by atoms with Gasteiger partial charge in [0, 0.05) is 6.42 Å². The number of thiophene rings is 1. The third-order valence-corrected chi connectivity index (χ3v) is 6.16. The highest BCUT2D eigenvalue weighted by atomic mass is 32.2. The normalized spacial score (nSPS) is 20.8. The van der Waals surface area contributed by atoms with E-state index in [9.17, 15) is 18.0 Å². The lowest BCUT2D eigenvalue weighted by Crippen LogP contribution is -2.18. The Balaban J connectivity index is 2.02. The average Bonchev–Trinajstić information content (AvgIpc) is 2.83. The lowest BCUT2D eigenvalue weighted by atomic mass is 10.0. The van der Waals surface area contributed by atoms with Crippen LogP contribution < -0.4 is 5.32 Å². The van der Waals surface area contributed by atoms with Crippen molar-refractivity contribution in [2.75, 3.05) is 16.8 Å². The quantitative estimate of drug-likeness (QED) is 0.877. The summed E-state index contributed by atoms with van der Waals surface area (Å²) in [5.74, 6) is -1.43. The van der Waals surface area contributed by atoms with Gasteiger partial charge < -0.3 is 10.4 Å². The van der Waals surface area contributed by atoms with Crippen LogP contribution >= 0.6 is 11.3 Å².